The third-order valence-electron chi connectivity index (χ3n) is 3.17. The fourth-order valence-corrected chi connectivity index (χ4v) is 2.59. The van der Waals surface area contributed by atoms with Crippen molar-refractivity contribution in [3.8, 4) is 0 Å². The van der Waals surface area contributed by atoms with Gasteiger partial charge in [0.25, 0.3) is 5.91 Å². The lowest BCUT2D eigenvalue weighted by molar-refractivity contribution is -0.142. The smallest absolute Gasteiger partial charge is 0.326 e. The number of thiophene rings is 1. The second-order valence-electron chi connectivity index (χ2n) is 5.36. The van der Waals surface area contributed by atoms with E-state index < -0.39 is 24.0 Å². The Morgan fingerprint density at radius 1 is 1.27 bits per heavy atom. The van der Waals surface area contributed by atoms with Crippen molar-refractivity contribution in [2.24, 2.45) is 5.92 Å². The van der Waals surface area contributed by atoms with Gasteiger partial charge < -0.3 is 15.7 Å². The molecule has 0 saturated carbocycles. The first-order valence-corrected chi connectivity index (χ1v) is 8.12. The van der Waals surface area contributed by atoms with Crippen LogP contribution in [0.2, 0.25) is 0 Å². The Hall–Kier alpha value is -1.89. The molecule has 0 bridgehead atoms. The maximum absolute atomic E-state index is 12.3. The van der Waals surface area contributed by atoms with Crippen LogP contribution in [0, 0.1) is 5.92 Å². The number of amides is 2. The second kappa shape index (κ2) is 8.53. The molecule has 2 amide bonds. The van der Waals surface area contributed by atoms with Crippen LogP contribution in [0.3, 0.4) is 0 Å². The minimum absolute atomic E-state index is 0.153. The van der Waals surface area contributed by atoms with Crippen molar-refractivity contribution >= 4 is 29.1 Å². The van der Waals surface area contributed by atoms with Crippen molar-refractivity contribution in [3.63, 3.8) is 0 Å². The van der Waals surface area contributed by atoms with Crippen molar-refractivity contribution < 1.29 is 19.5 Å². The van der Waals surface area contributed by atoms with Gasteiger partial charge in [0.15, 0.2) is 0 Å². The van der Waals surface area contributed by atoms with Crippen molar-refractivity contribution in [2.75, 3.05) is 0 Å². The molecule has 1 aromatic rings. The van der Waals surface area contributed by atoms with Crippen molar-refractivity contribution in [2.45, 2.75) is 45.7 Å². The highest BCUT2D eigenvalue weighted by molar-refractivity contribution is 7.12. The number of carbonyl (C=O) groups is 3. The molecule has 0 aliphatic carbocycles. The summed E-state index contributed by atoms with van der Waals surface area (Å²) in [5, 5.41) is 16.1. The van der Waals surface area contributed by atoms with E-state index in [1.165, 1.54) is 11.3 Å². The number of hydrogen-bond acceptors (Lipinski definition) is 4. The lowest BCUT2D eigenvalue weighted by atomic mass is 10.0. The van der Waals surface area contributed by atoms with Crippen LogP contribution in [-0.4, -0.2) is 35.0 Å². The molecular formula is C15H22N2O4S. The quantitative estimate of drug-likeness (QED) is 0.679. The molecule has 0 aliphatic heterocycles. The van der Waals surface area contributed by atoms with Crippen LogP contribution in [0.15, 0.2) is 17.5 Å². The Bertz CT molecular complexity index is 514. The van der Waals surface area contributed by atoms with Gasteiger partial charge in [0.05, 0.1) is 4.88 Å². The van der Waals surface area contributed by atoms with Crippen LogP contribution in [-0.2, 0) is 9.59 Å². The maximum atomic E-state index is 12.3. The standard InChI is InChI=1S/C15H22N2O4S/c1-4-6-10(15(20)21)16-14(19)12(9(2)3)17-13(18)11-7-5-8-22-11/h5,7-10,12H,4,6H2,1-3H3,(H,16,19)(H,17,18)(H,20,21). The van der Waals surface area contributed by atoms with Crippen LogP contribution >= 0.6 is 11.3 Å². The third-order valence-corrected chi connectivity index (χ3v) is 4.04. The number of hydrogen-bond donors (Lipinski definition) is 3. The zero-order chi connectivity index (χ0) is 16.7. The first-order valence-electron chi connectivity index (χ1n) is 7.24. The van der Waals surface area contributed by atoms with Gasteiger partial charge in [-0.15, -0.1) is 11.3 Å². The molecule has 3 N–H and O–H groups in total. The van der Waals surface area contributed by atoms with Gasteiger partial charge in [-0.05, 0) is 23.8 Å². The van der Waals surface area contributed by atoms with Gasteiger partial charge >= 0.3 is 5.97 Å². The van der Waals surface area contributed by atoms with Crippen LogP contribution in [0.1, 0.15) is 43.3 Å². The maximum Gasteiger partial charge on any atom is 0.326 e. The van der Waals surface area contributed by atoms with E-state index in [1.54, 1.807) is 31.4 Å². The van der Waals surface area contributed by atoms with Crippen LogP contribution < -0.4 is 10.6 Å². The Morgan fingerprint density at radius 2 is 1.95 bits per heavy atom. The number of carboxylic acid groups (broad SMARTS) is 1. The Labute approximate surface area is 133 Å². The summed E-state index contributed by atoms with van der Waals surface area (Å²) in [6, 6.07) is 1.73. The molecule has 2 atom stereocenters. The Kier molecular flexibility index (Phi) is 7.04. The van der Waals surface area contributed by atoms with Gasteiger partial charge in [0, 0.05) is 0 Å². The summed E-state index contributed by atoms with van der Waals surface area (Å²) in [5.74, 6) is -2.02. The fourth-order valence-electron chi connectivity index (χ4n) is 1.96. The van der Waals surface area contributed by atoms with E-state index in [0.29, 0.717) is 17.7 Å². The molecule has 0 saturated heterocycles. The number of carboxylic acids is 1. The van der Waals surface area contributed by atoms with Gasteiger partial charge in [-0.1, -0.05) is 33.3 Å². The molecule has 6 nitrogen and oxygen atoms in total. The summed E-state index contributed by atoms with van der Waals surface area (Å²) >= 11 is 1.29. The molecule has 1 rings (SSSR count). The van der Waals surface area contributed by atoms with Gasteiger partial charge in [-0.3, -0.25) is 9.59 Å². The zero-order valence-electron chi connectivity index (χ0n) is 13.0. The Morgan fingerprint density at radius 3 is 2.41 bits per heavy atom. The summed E-state index contributed by atoms with van der Waals surface area (Å²) in [7, 11) is 0. The normalized spacial score (nSPS) is 13.5. The molecule has 0 spiro atoms. The summed E-state index contributed by atoms with van der Waals surface area (Å²) < 4.78 is 0. The predicted octanol–water partition coefficient (Wildman–Crippen LogP) is 1.87. The van der Waals surface area contributed by atoms with E-state index in [-0.39, 0.29) is 11.8 Å². The molecule has 0 fully saturated rings. The minimum atomic E-state index is -1.07. The first kappa shape index (κ1) is 18.2. The SMILES string of the molecule is CCCC(NC(=O)C(NC(=O)c1cccs1)C(C)C)C(=O)O. The van der Waals surface area contributed by atoms with E-state index in [1.807, 2.05) is 6.92 Å². The van der Waals surface area contributed by atoms with E-state index in [4.69, 9.17) is 5.11 Å². The van der Waals surface area contributed by atoms with Gasteiger partial charge in [-0.25, -0.2) is 4.79 Å². The molecule has 0 aliphatic rings. The van der Waals surface area contributed by atoms with E-state index in [2.05, 4.69) is 10.6 Å². The van der Waals surface area contributed by atoms with E-state index >= 15 is 0 Å². The molecule has 0 radical (unpaired) electrons. The van der Waals surface area contributed by atoms with Crippen LogP contribution in [0.4, 0.5) is 0 Å². The van der Waals surface area contributed by atoms with Crippen LogP contribution in [0.25, 0.3) is 0 Å². The number of rotatable bonds is 8. The molecule has 2 unspecified atom stereocenters. The lowest BCUT2D eigenvalue weighted by Crippen LogP contribution is -2.53. The van der Waals surface area contributed by atoms with E-state index in [9.17, 15) is 14.4 Å². The highest BCUT2D eigenvalue weighted by atomic mass is 32.1. The molecule has 22 heavy (non-hydrogen) atoms. The molecule has 0 aromatic carbocycles. The van der Waals surface area contributed by atoms with Gasteiger partial charge in [0.2, 0.25) is 5.91 Å². The summed E-state index contributed by atoms with van der Waals surface area (Å²) in [4.78, 5) is 36.0. The third kappa shape index (κ3) is 5.14. The topological polar surface area (TPSA) is 95.5 Å². The summed E-state index contributed by atoms with van der Waals surface area (Å²) in [6.45, 7) is 5.45. The minimum Gasteiger partial charge on any atom is -0.480 e. The average Bonchev–Trinajstić information content (AvgIpc) is 2.97. The molecule has 122 valence electrons. The molecule has 1 aromatic heterocycles. The lowest BCUT2D eigenvalue weighted by Gasteiger charge is -2.23. The van der Waals surface area contributed by atoms with Crippen LogP contribution in [0.5, 0.6) is 0 Å². The largest absolute Gasteiger partial charge is 0.480 e. The van der Waals surface area contributed by atoms with Crippen molar-refractivity contribution in [1.82, 2.24) is 10.6 Å². The highest BCUT2D eigenvalue weighted by Gasteiger charge is 2.28. The van der Waals surface area contributed by atoms with Gasteiger partial charge in [0.1, 0.15) is 12.1 Å². The zero-order valence-corrected chi connectivity index (χ0v) is 13.8. The van der Waals surface area contributed by atoms with Crippen molar-refractivity contribution in [3.05, 3.63) is 22.4 Å². The Balaban J connectivity index is 2.75. The molecule has 7 heteroatoms. The van der Waals surface area contributed by atoms with E-state index in [0.717, 1.165) is 0 Å². The van der Waals surface area contributed by atoms with Crippen molar-refractivity contribution in [1.29, 1.82) is 0 Å². The highest BCUT2D eigenvalue weighted by Crippen LogP contribution is 2.11. The summed E-state index contributed by atoms with van der Waals surface area (Å²) in [5.41, 5.74) is 0. The fraction of sp³-hybridized carbons (Fsp3) is 0.533. The monoisotopic (exact) mass is 326 g/mol. The second-order valence-corrected chi connectivity index (χ2v) is 6.31. The average molecular weight is 326 g/mol. The van der Waals surface area contributed by atoms with Gasteiger partial charge in [-0.2, -0.15) is 0 Å². The predicted molar refractivity (Wildman–Crippen MR) is 84.9 cm³/mol. The summed E-state index contributed by atoms with van der Waals surface area (Å²) in [6.07, 6.45) is 0.996. The number of aliphatic carboxylic acids is 1. The molecular weight excluding hydrogens is 304 g/mol. The molecule has 1 heterocycles. The number of nitrogens with one attached hydrogen (secondary N) is 2. The first-order chi connectivity index (χ1) is 10.4. The number of carbonyl (C=O) groups excluding carboxylic acids is 2.